The van der Waals surface area contributed by atoms with Gasteiger partial charge < -0.3 is 14.8 Å². The van der Waals surface area contributed by atoms with Crippen molar-refractivity contribution in [2.45, 2.75) is 5.54 Å². The Kier molecular flexibility index (Phi) is 3.97. The van der Waals surface area contributed by atoms with Gasteiger partial charge in [0.1, 0.15) is 0 Å². The van der Waals surface area contributed by atoms with Crippen molar-refractivity contribution in [3.63, 3.8) is 0 Å². The number of rotatable bonds is 3. The van der Waals surface area contributed by atoms with Crippen LogP contribution in [0.1, 0.15) is 0 Å². The minimum atomic E-state index is -0.0903. The van der Waals surface area contributed by atoms with Crippen LogP contribution in [0.3, 0.4) is 0 Å². The second kappa shape index (κ2) is 5.70. The zero-order chi connectivity index (χ0) is 13.1. The van der Waals surface area contributed by atoms with Crippen LogP contribution in [0.25, 0.3) is 0 Å². The molecule has 7 heteroatoms. The van der Waals surface area contributed by atoms with Crippen LogP contribution in [-0.4, -0.2) is 66.5 Å². The quantitative estimate of drug-likeness (QED) is 0.883. The standard InChI is InChI=1S/C12H17BrN4O2/c13-10-5-14-11(15-6-10)16-7-12-8-18-3-1-17(12)2-4-19-9-12/h5-6H,1-4,7-9H2,(H,14,15,16). The molecule has 0 unspecified atom stereocenters. The lowest BCUT2D eigenvalue weighted by molar-refractivity contribution is -0.135. The van der Waals surface area contributed by atoms with Crippen LogP contribution in [0.15, 0.2) is 16.9 Å². The molecule has 1 N–H and O–H groups in total. The van der Waals surface area contributed by atoms with Crippen molar-refractivity contribution in [1.82, 2.24) is 14.9 Å². The highest BCUT2D eigenvalue weighted by atomic mass is 79.9. The number of ether oxygens (including phenoxy) is 2. The normalized spacial score (nSPS) is 22.8. The maximum atomic E-state index is 5.64. The average Bonchev–Trinajstić information content (AvgIpc) is 2.47. The van der Waals surface area contributed by atoms with E-state index in [1.165, 1.54) is 0 Å². The summed E-state index contributed by atoms with van der Waals surface area (Å²) in [7, 11) is 0. The third-order valence-corrected chi connectivity index (χ3v) is 4.03. The Morgan fingerprint density at radius 1 is 1.21 bits per heavy atom. The predicted octanol–water partition coefficient (Wildman–Crippen LogP) is 0.752. The van der Waals surface area contributed by atoms with Crippen LogP contribution in [-0.2, 0) is 9.47 Å². The molecule has 0 aliphatic carbocycles. The molecule has 104 valence electrons. The Labute approximate surface area is 120 Å². The van der Waals surface area contributed by atoms with Gasteiger partial charge in [0.15, 0.2) is 0 Å². The van der Waals surface area contributed by atoms with Crippen molar-refractivity contribution < 1.29 is 9.47 Å². The van der Waals surface area contributed by atoms with Crippen LogP contribution in [0, 0.1) is 0 Å². The van der Waals surface area contributed by atoms with Gasteiger partial charge in [0.05, 0.1) is 36.4 Å². The second-order valence-electron chi connectivity index (χ2n) is 4.90. The van der Waals surface area contributed by atoms with Crippen molar-refractivity contribution in [3.05, 3.63) is 16.9 Å². The van der Waals surface area contributed by atoms with Crippen molar-refractivity contribution in [1.29, 1.82) is 0 Å². The molecule has 0 atom stereocenters. The first-order chi connectivity index (χ1) is 9.28. The number of fused-ring (bicyclic) bond motifs is 1. The van der Waals surface area contributed by atoms with Crippen LogP contribution in [0.5, 0.6) is 0 Å². The summed E-state index contributed by atoms with van der Waals surface area (Å²) in [6, 6.07) is 0. The fourth-order valence-electron chi connectivity index (χ4n) is 2.55. The molecular formula is C12H17BrN4O2. The molecule has 0 bridgehead atoms. The fourth-order valence-corrected chi connectivity index (χ4v) is 2.75. The number of morpholine rings is 2. The van der Waals surface area contributed by atoms with E-state index in [0.29, 0.717) is 19.2 Å². The highest BCUT2D eigenvalue weighted by Gasteiger charge is 2.42. The highest BCUT2D eigenvalue weighted by Crippen LogP contribution is 2.24. The number of nitrogens with one attached hydrogen (secondary N) is 1. The van der Waals surface area contributed by atoms with Gasteiger partial charge in [-0.2, -0.15) is 0 Å². The lowest BCUT2D eigenvalue weighted by atomic mass is 9.96. The number of anilines is 1. The third-order valence-electron chi connectivity index (χ3n) is 3.62. The molecule has 6 nitrogen and oxygen atoms in total. The van der Waals surface area contributed by atoms with Crippen molar-refractivity contribution >= 4 is 21.9 Å². The summed E-state index contributed by atoms with van der Waals surface area (Å²) in [5.41, 5.74) is -0.0903. The molecule has 3 heterocycles. The molecule has 2 aliphatic heterocycles. The molecule has 0 radical (unpaired) electrons. The summed E-state index contributed by atoms with van der Waals surface area (Å²) < 4.78 is 12.2. The van der Waals surface area contributed by atoms with E-state index in [1.807, 2.05) is 0 Å². The zero-order valence-electron chi connectivity index (χ0n) is 10.6. The van der Waals surface area contributed by atoms with Crippen molar-refractivity contribution in [2.24, 2.45) is 0 Å². The first-order valence-electron chi connectivity index (χ1n) is 6.40. The molecule has 1 aromatic rings. The molecule has 3 rings (SSSR count). The van der Waals surface area contributed by atoms with Gasteiger partial charge in [0, 0.05) is 32.0 Å². The summed E-state index contributed by atoms with van der Waals surface area (Å²) in [5, 5.41) is 3.29. The molecule has 0 saturated carbocycles. The van der Waals surface area contributed by atoms with E-state index in [1.54, 1.807) is 12.4 Å². The summed E-state index contributed by atoms with van der Waals surface area (Å²) >= 11 is 3.33. The largest absolute Gasteiger partial charge is 0.378 e. The molecule has 19 heavy (non-hydrogen) atoms. The molecular weight excluding hydrogens is 312 g/mol. The van der Waals surface area contributed by atoms with Gasteiger partial charge in [0.2, 0.25) is 5.95 Å². The minimum absolute atomic E-state index is 0.0903. The van der Waals surface area contributed by atoms with Gasteiger partial charge in [-0.3, -0.25) is 4.90 Å². The minimum Gasteiger partial charge on any atom is -0.378 e. The van der Waals surface area contributed by atoms with Crippen molar-refractivity contribution in [2.75, 3.05) is 51.4 Å². The van der Waals surface area contributed by atoms with E-state index in [-0.39, 0.29) is 5.54 Å². The fraction of sp³-hybridized carbons (Fsp3) is 0.667. The molecule has 0 amide bonds. The summed E-state index contributed by atoms with van der Waals surface area (Å²) in [5.74, 6) is 0.633. The Morgan fingerprint density at radius 3 is 2.47 bits per heavy atom. The molecule has 0 spiro atoms. The zero-order valence-corrected chi connectivity index (χ0v) is 12.2. The van der Waals surface area contributed by atoms with E-state index in [9.17, 15) is 0 Å². The van der Waals surface area contributed by atoms with Crippen LogP contribution >= 0.6 is 15.9 Å². The number of nitrogens with zero attached hydrogens (tertiary/aromatic N) is 3. The third kappa shape index (κ3) is 2.89. The van der Waals surface area contributed by atoms with Gasteiger partial charge in [0.25, 0.3) is 0 Å². The lowest BCUT2D eigenvalue weighted by Crippen LogP contribution is -2.66. The highest BCUT2D eigenvalue weighted by molar-refractivity contribution is 9.10. The maximum Gasteiger partial charge on any atom is 0.222 e. The smallest absolute Gasteiger partial charge is 0.222 e. The Morgan fingerprint density at radius 2 is 1.84 bits per heavy atom. The van der Waals surface area contributed by atoms with Gasteiger partial charge in [-0.15, -0.1) is 0 Å². The lowest BCUT2D eigenvalue weighted by Gasteiger charge is -2.49. The van der Waals surface area contributed by atoms with Crippen LogP contribution < -0.4 is 5.32 Å². The van der Waals surface area contributed by atoms with E-state index < -0.39 is 0 Å². The Hall–Kier alpha value is -0.760. The van der Waals surface area contributed by atoms with E-state index >= 15 is 0 Å². The van der Waals surface area contributed by atoms with Gasteiger partial charge in [-0.1, -0.05) is 0 Å². The maximum absolute atomic E-state index is 5.64. The number of hydrogen-bond acceptors (Lipinski definition) is 6. The van der Waals surface area contributed by atoms with E-state index in [4.69, 9.17) is 9.47 Å². The Balaban J connectivity index is 1.67. The van der Waals surface area contributed by atoms with Crippen molar-refractivity contribution in [3.8, 4) is 0 Å². The molecule has 2 saturated heterocycles. The van der Waals surface area contributed by atoms with Crippen LogP contribution in [0.4, 0.5) is 5.95 Å². The summed E-state index contributed by atoms with van der Waals surface area (Å²) in [6.07, 6.45) is 3.47. The Bertz CT molecular complexity index is 416. The van der Waals surface area contributed by atoms with Gasteiger partial charge >= 0.3 is 0 Å². The SMILES string of the molecule is Brc1cnc(NCC23COCCN2CCOC3)nc1. The second-order valence-corrected chi connectivity index (χ2v) is 5.81. The van der Waals surface area contributed by atoms with Gasteiger partial charge in [-0.05, 0) is 15.9 Å². The molecule has 0 aromatic carbocycles. The van der Waals surface area contributed by atoms with E-state index in [2.05, 4.69) is 36.1 Å². The number of aromatic nitrogens is 2. The predicted molar refractivity (Wildman–Crippen MR) is 74.2 cm³/mol. The molecule has 2 aliphatic rings. The number of hydrogen-bond donors (Lipinski definition) is 1. The first-order valence-corrected chi connectivity index (χ1v) is 7.20. The summed E-state index contributed by atoms with van der Waals surface area (Å²) in [4.78, 5) is 10.9. The van der Waals surface area contributed by atoms with Crippen LogP contribution in [0.2, 0.25) is 0 Å². The number of halogens is 1. The summed E-state index contributed by atoms with van der Waals surface area (Å²) in [6.45, 7) is 5.65. The van der Waals surface area contributed by atoms with E-state index in [0.717, 1.165) is 37.3 Å². The van der Waals surface area contributed by atoms with Gasteiger partial charge in [-0.25, -0.2) is 9.97 Å². The molecule has 1 aromatic heterocycles. The molecule has 2 fully saturated rings. The average molecular weight is 329 g/mol. The topological polar surface area (TPSA) is 59.5 Å². The monoisotopic (exact) mass is 328 g/mol. The first kappa shape index (κ1) is 13.2.